The van der Waals surface area contributed by atoms with Crippen LogP contribution in [0.1, 0.15) is 25.3 Å². The molecule has 0 spiro atoms. The van der Waals surface area contributed by atoms with E-state index in [4.69, 9.17) is 19.9 Å². The number of aromatic nitrogens is 1. The number of likely N-dealkylation sites (tertiary alicyclic amines) is 1. The third-order valence-electron chi connectivity index (χ3n) is 4.92. The highest BCUT2D eigenvalue weighted by molar-refractivity contribution is 5.78. The largest absolute Gasteiger partial charge is 0.493 e. The van der Waals surface area contributed by atoms with E-state index in [1.807, 2.05) is 24.3 Å². The van der Waals surface area contributed by atoms with Crippen molar-refractivity contribution in [2.45, 2.75) is 26.3 Å². The molecule has 0 unspecified atom stereocenters. The topological polar surface area (TPSA) is 82.2 Å². The molecular weight excluding hydrogens is 356 g/mol. The zero-order valence-corrected chi connectivity index (χ0v) is 16.7. The second-order valence-electron chi connectivity index (χ2n) is 6.94. The minimum Gasteiger partial charge on any atom is -0.493 e. The Morgan fingerprint density at radius 1 is 1.14 bits per heavy atom. The van der Waals surface area contributed by atoms with Gasteiger partial charge in [-0.25, -0.2) is 9.98 Å². The van der Waals surface area contributed by atoms with Gasteiger partial charge in [0.25, 0.3) is 0 Å². The fourth-order valence-corrected chi connectivity index (χ4v) is 3.10. The summed E-state index contributed by atoms with van der Waals surface area (Å²) in [5, 5.41) is 0. The van der Waals surface area contributed by atoms with Crippen molar-refractivity contribution in [3.63, 3.8) is 0 Å². The third-order valence-corrected chi connectivity index (χ3v) is 4.92. The summed E-state index contributed by atoms with van der Waals surface area (Å²) in [7, 11) is 3.17. The zero-order chi connectivity index (χ0) is 19.9. The number of methoxy groups -OCH3 is 2. The molecule has 0 saturated carbocycles. The van der Waals surface area contributed by atoms with Crippen molar-refractivity contribution in [1.29, 1.82) is 0 Å². The second-order valence-corrected chi connectivity index (χ2v) is 6.94. The van der Waals surface area contributed by atoms with Crippen molar-refractivity contribution in [3.8, 4) is 23.1 Å². The van der Waals surface area contributed by atoms with Crippen LogP contribution in [-0.2, 0) is 6.54 Å². The van der Waals surface area contributed by atoms with Gasteiger partial charge in [0.15, 0.2) is 17.5 Å². The molecule has 150 valence electrons. The molecule has 7 heteroatoms. The molecule has 0 aliphatic carbocycles. The van der Waals surface area contributed by atoms with Crippen molar-refractivity contribution in [2.75, 3.05) is 27.3 Å². The molecule has 1 aliphatic rings. The van der Waals surface area contributed by atoms with E-state index in [0.717, 1.165) is 37.4 Å². The SMILES string of the molecule is COc1cccc(OC)c1Oc1ccc(CN=C(N)N2CCC(C)CC2)cn1. The quantitative estimate of drug-likeness (QED) is 0.607. The molecule has 1 saturated heterocycles. The van der Waals surface area contributed by atoms with E-state index < -0.39 is 0 Å². The molecule has 0 bridgehead atoms. The molecule has 0 atom stereocenters. The van der Waals surface area contributed by atoms with Crippen molar-refractivity contribution in [3.05, 3.63) is 42.1 Å². The minimum atomic E-state index is 0.452. The van der Waals surface area contributed by atoms with Crippen LogP contribution in [0.3, 0.4) is 0 Å². The van der Waals surface area contributed by atoms with Gasteiger partial charge in [0.1, 0.15) is 0 Å². The van der Waals surface area contributed by atoms with Gasteiger partial charge < -0.3 is 24.8 Å². The lowest BCUT2D eigenvalue weighted by molar-refractivity contribution is 0.277. The van der Waals surface area contributed by atoms with Crippen molar-refractivity contribution < 1.29 is 14.2 Å². The fraction of sp³-hybridized carbons (Fsp3) is 0.429. The van der Waals surface area contributed by atoms with Crippen LogP contribution in [0.2, 0.25) is 0 Å². The van der Waals surface area contributed by atoms with E-state index in [1.165, 1.54) is 0 Å². The van der Waals surface area contributed by atoms with E-state index in [2.05, 4.69) is 21.8 Å². The lowest BCUT2D eigenvalue weighted by Crippen LogP contribution is -2.42. The van der Waals surface area contributed by atoms with E-state index in [1.54, 1.807) is 26.5 Å². The van der Waals surface area contributed by atoms with Crippen LogP contribution in [0.5, 0.6) is 23.1 Å². The van der Waals surface area contributed by atoms with Crippen LogP contribution >= 0.6 is 0 Å². The highest BCUT2D eigenvalue weighted by Crippen LogP contribution is 2.39. The first-order valence-corrected chi connectivity index (χ1v) is 9.49. The molecule has 28 heavy (non-hydrogen) atoms. The van der Waals surface area contributed by atoms with Crippen LogP contribution in [0, 0.1) is 5.92 Å². The number of nitrogens with zero attached hydrogens (tertiary/aromatic N) is 3. The molecule has 3 rings (SSSR count). The maximum Gasteiger partial charge on any atom is 0.219 e. The van der Waals surface area contributed by atoms with E-state index in [9.17, 15) is 0 Å². The first-order chi connectivity index (χ1) is 13.6. The molecule has 7 nitrogen and oxygen atoms in total. The number of guanidine groups is 1. The van der Waals surface area contributed by atoms with Crippen LogP contribution in [0.4, 0.5) is 0 Å². The third kappa shape index (κ3) is 4.85. The smallest absolute Gasteiger partial charge is 0.219 e. The molecule has 2 aromatic rings. The number of piperidine rings is 1. The molecule has 1 aromatic heterocycles. The summed E-state index contributed by atoms with van der Waals surface area (Å²) in [6, 6.07) is 9.19. The van der Waals surface area contributed by atoms with Gasteiger partial charge in [-0.2, -0.15) is 0 Å². The fourth-order valence-electron chi connectivity index (χ4n) is 3.10. The Morgan fingerprint density at radius 2 is 1.82 bits per heavy atom. The number of benzene rings is 1. The molecule has 1 fully saturated rings. The molecular formula is C21H28N4O3. The lowest BCUT2D eigenvalue weighted by Gasteiger charge is -2.31. The molecule has 1 aromatic carbocycles. The Kier molecular flexibility index (Phi) is 6.57. The van der Waals surface area contributed by atoms with Crippen LogP contribution in [-0.4, -0.2) is 43.2 Å². The number of rotatable bonds is 6. The van der Waals surface area contributed by atoms with Gasteiger partial charge in [-0.05, 0) is 36.5 Å². The summed E-state index contributed by atoms with van der Waals surface area (Å²) in [4.78, 5) is 11.0. The Bertz CT molecular complexity index is 778. The molecule has 0 amide bonds. The molecule has 2 N–H and O–H groups in total. The van der Waals surface area contributed by atoms with Gasteiger partial charge in [0.05, 0.1) is 20.8 Å². The summed E-state index contributed by atoms with van der Waals surface area (Å²) in [6.45, 7) is 4.72. The number of aliphatic imine (C=N–C) groups is 1. The number of hydrogen-bond acceptors (Lipinski definition) is 5. The zero-order valence-electron chi connectivity index (χ0n) is 16.7. The van der Waals surface area contributed by atoms with Gasteiger partial charge in [-0.1, -0.05) is 19.1 Å². The average molecular weight is 384 g/mol. The standard InChI is InChI=1S/C21H28N4O3/c1-15-9-11-25(12-10-15)21(22)24-14-16-7-8-19(23-13-16)28-20-17(26-2)5-4-6-18(20)27-3/h4-8,13,15H,9-12,14H2,1-3H3,(H2,22,24). The molecule has 2 heterocycles. The summed E-state index contributed by atoms with van der Waals surface area (Å²) in [5.74, 6) is 3.48. The monoisotopic (exact) mass is 384 g/mol. The van der Waals surface area contributed by atoms with Crippen LogP contribution in [0.15, 0.2) is 41.5 Å². The number of pyridine rings is 1. The normalized spacial score (nSPS) is 15.4. The van der Waals surface area contributed by atoms with Gasteiger partial charge in [0.2, 0.25) is 11.6 Å². The van der Waals surface area contributed by atoms with Gasteiger partial charge >= 0.3 is 0 Å². The van der Waals surface area contributed by atoms with E-state index in [-0.39, 0.29) is 0 Å². The summed E-state index contributed by atoms with van der Waals surface area (Å²) < 4.78 is 16.6. The Morgan fingerprint density at radius 3 is 2.39 bits per heavy atom. The van der Waals surface area contributed by atoms with Crippen molar-refractivity contribution >= 4 is 5.96 Å². The first kappa shape index (κ1) is 19.8. The lowest BCUT2D eigenvalue weighted by atomic mass is 10.00. The average Bonchev–Trinajstić information content (AvgIpc) is 2.73. The highest BCUT2D eigenvalue weighted by Gasteiger charge is 2.17. The maximum absolute atomic E-state index is 6.14. The number of ether oxygens (including phenoxy) is 3. The van der Waals surface area contributed by atoms with Crippen LogP contribution in [0.25, 0.3) is 0 Å². The second kappa shape index (κ2) is 9.30. The van der Waals surface area contributed by atoms with Gasteiger partial charge in [-0.3, -0.25) is 0 Å². The van der Waals surface area contributed by atoms with Gasteiger partial charge in [-0.15, -0.1) is 0 Å². The predicted molar refractivity (Wildman–Crippen MR) is 109 cm³/mol. The number of para-hydroxylation sites is 1. The van der Waals surface area contributed by atoms with E-state index >= 15 is 0 Å². The predicted octanol–water partition coefficient (Wildman–Crippen LogP) is 3.44. The Labute approximate surface area is 166 Å². The van der Waals surface area contributed by atoms with Crippen LogP contribution < -0.4 is 19.9 Å². The van der Waals surface area contributed by atoms with Gasteiger partial charge in [0, 0.05) is 25.4 Å². The van der Waals surface area contributed by atoms with Crippen molar-refractivity contribution in [1.82, 2.24) is 9.88 Å². The molecule has 1 aliphatic heterocycles. The maximum atomic E-state index is 6.14. The molecule has 0 radical (unpaired) electrons. The minimum absolute atomic E-state index is 0.452. The van der Waals surface area contributed by atoms with E-state index in [0.29, 0.717) is 35.6 Å². The van der Waals surface area contributed by atoms with Crippen molar-refractivity contribution in [2.24, 2.45) is 16.6 Å². The number of nitrogens with two attached hydrogens (primary N) is 1. The number of hydrogen-bond donors (Lipinski definition) is 1. The summed E-state index contributed by atoms with van der Waals surface area (Å²) in [5.41, 5.74) is 7.11. The summed E-state index contributed by atoms with van der Waals surface area (Å²) >= 11 is 0. The Hall–Kier alpha value is -2.96. The Balaban J connectivity index is 1.63. The first-order valence-electron chi connectivity index (χ1n) is 9.49. The highest BCUT2D eigenvalue weighted by atomic mass is 16.5. The summed E-state index contributed by atoms with van der Waals surface area (Å²) in [6.07, 6.45) is 4.07.